The SMILES string of the molecule is O=C(NCC1CCCN(C(=O)C2CCC(C(=O)O)CC2)C1)c1ccccc1. The third kappa shape index (κ3) is 5.08. The van der Waals surface area contributed by atoms with Gasteiger partial charge < -0.3 is 15.3 Å². The van der Waals surface area contributed by atoms with E-state index in [1.807, 2.05) is 23.1 Å². The van der Waals surface area contributed by atoms with Gasteiger partial charge in [-0.25, -0.2) is 0 Å². The first-order valence-electron chi connectivity index (χ1n) is 9.89. The second kappa shape index (κ2) is 9.02. The minimum Gasteiger partial charge on any atom is -0.481 e. The van der Waals surface area contributed by atoms with Gasteiger partial charge in [0.2, 0.25) is 5.91 Å². The molecule has 1 saturated carbocycles. The zero-order chi connectivity index (χ0) is 19.2. The Labute approximate surface area is 159 Å². The van der Waals surface area contributed by atoms with Gasteiger partial charge >= 0.3 is 5.97 Å². The highest BCUT2D eigenvalue weighted by molar-refractivity contribution is 5.94. The fraction of sp³-hybridized carbons (Fsp3) is 0.571. The number of aliphatic carboxylic acids is 1. The van der Waals surface area contributed by atoms with Gasteiger partial charge in [0, 0.05) is 31.1 Å². The van der Waals surface area contributed by atoms with Crippen molar-refractivity contribution in [2.45, 2.75) is 38.5 Å². The first-order chi connectivity index (χ1) is 13.0. The Balaban J connectivity index is 1.47. The molecular weight excluding hydrogens is 344 g/mol. The Morgan fingerprint density at radius 1 is 1.00 bits per heavy atom. The van der Waals surface area contributed by atoms with Gasteiger partial charge in [0.05, 0.1) is 5.92 Å². The van der Waals surface area contributed by atoms with Crippen molar-refractivity contribution in [3.05, 3.63) is 35.9 Å². The van der Waals surface area contributed by atoms with E-state index in [9.17, 15) is 14.4 Å². The van der Waals surface area contributed by atoms with Crippen LogP contribution in [-0.4, -0.2) is 47.4 Å². The molecule has 0 radical (unpaired) electrons. The lowest BCUT2D eigenvalue weighted by atomic mass is 9.81. The van der Waals surface area contributed by atoms with Gasteiger partial charge in [0.15, 0.2) is 0 Å². The van der Waals surface area contributed by atoms with E-state index < -0.39 is 5.97 Å². The zero-order valence-corrected chi connectivity index (χ0v) is 15.6. The molecule has 1 aromatic rings. The molecule has 6 nitrogen and oxygen atoms in total. The molecule has 2 aliphatic rings. The second-order valence-electron chi connectivity index (χ2n) is 7.76. The molecule has 1 aliphatic heterocycles. The molecule has 146 valence electrons. The first-order valence-corrected chi connectivity index (χ1v) is 9.89. The van der Waals surface area contributed by atoms with E-state index in [1.54, 1.807) is 12.1 Å². The van der Waals surface area contributed by atoms with Crippen molar-refractivity contribution in [1.82, 2.24) is 10.2 Å². The molecule has 1 heterocycles. The van der Waals surface area contributed by atoms with E-state index >= 15 is 0 Å². The fourth-order valence-corrected chi connectivity index (χ4v) is 4.21. The standard InChI is InChI=1S/C21H28N2O4/c24-19(16-6-2-1-3-7-16)22-13-15-5-4-12-23(14-15)20(25)17-8-10-18(11-9-17)21(26)27/h1-3,6-7,15,17-18H,4-5,8-14H2,(H,22,24)(H,26,27). The molecule has 0 spiro atoms. The first kappa shape index (κ1) is 19.4. The van der Waals surface area contributed by atoms with Gasteiger partial charge in [0.25, 0.3) is 5.91 Å². The van der Waals surface area contributed by atoms with Crippen LogP contribution in [0, 0.1) is 17.8 Å². The van der Waals surface area contributed by atoms with E-state index in [-0.39, 0.29) is 29.6 Å². The topological polar surface area (TPSA) is 86.7 Å². The summed E-state index contributed by atoms with van der Waals surface area (Å²) >= 11 is 0. The summed E-state index contributed by atoms with van der Waals surface area (Å²) in [6.45, 7) is 2.01. The summed E-state index contributed by atoms with van der Waals surface area (Å²) in [5, 5.41) is 12.1. The number of benzene rings is 1. The van der Waals surface area contributed by atoms with Crippen molar-refractivity contribution < 1.29 is 19.5 Å². The smallest absolute Gasteiger partial charge is 0.306 e. The van der Waals surface area contributed by atoms with E-state index in [0.717, 1.165) is 19.4 Å². The largest absolute Gasteiger partial charge is 0.481 e. The van der Waals surface area contributed by atoms with Gasteiger partial charge in [-0.1, -0.05) is 18.2 Å². The highest BCUT2D eigenvalue weighted by Crippen LogP contribution is 2.31. The van der Waals surface area contributed by atoms with Crippen molar-refractivity contribution in [2.75, 3.05) is 19.6 Å². The maximum absolute atomic E-state index is 12.8. The summed E-state index contributed by atoms with van der Waals surface area (Å²) in [5.41, 5.74) is 0.649. The Kier molecular flexibility index (Phi) is 6.48. The van der Waals surface area contributed by atoms with Crippen LogP contribution < -0.4 is 5.32 Å². The number of hydrogen-bond acceptors (Lipinski definition) is 3. The van der Waals surface area contributed by atoms with E-state index in [0.29, 0.717) is 44.3 Å². The van der Waals surface area contributed by atoms with Crippen LogP contribution in [0.4, 0.5) is 0 Å². The number of carbonyl (C=O) groups excluding carboxylic acids is 2. The quantitative estimate of drug-likeness (QED) is 0.832. The van der Waals surface area contributed by atoms with Crippen molar-refractivity contribution in [1.29, 1.82) is 0 Å². The minimum absolute atomic E-state index is 0.0433. The third-order valence-corrected chi connectivity index (χ3v) is 5.84. The van der Waals surface area contributed by atoms with Crippen LogP contribution in [0.5, 0.6) is 0 Å². The summed E-state index contributed by atoms with van der Waals surface area (Å²) in [6.07, 6.45) is 4.47. The summed E-state index contributed by atoms with van der Waals surface area (Å²) < 4.78 is 0. The van der Waals surface area contributed by atoms with E-state index in [1.165, 1.54) is 0 Å². The molecular formula is C21H28N2O4. The molecule has 2 fully saturated rings. The van der Waals surface area contributed by atoms with Crippen LogP contribution in [0.1, 0.15) is 48.9 Å². The van der Waals surface area contributed by atoms with Crippen LogP contribution in [0.25, 0.3) is 0 Å². The second-order valence-corrected chi connectivity index (χ2v) is 7.76. The third-order valence-electron chi connectivity index (χ3n) is 5.84. The number of nitrogens with one attached hydrogen (secondary N) is 1. The van der Waals surface area contributed by atoms with E-state index in [4.69, 9.17) is 5.11 Å². The van der Waals surface area contributed by atoms with Crippen LogP contribution in [0.3, 0.4) is 0 Å². The molecule has 1 atom stereocenters. The van der Waals surface area contributed by atoms with Gasteiger partial charge in [-0.2, -0.15) is 0 Å². The molecule has 27 heavy (non-hydrogen) atoms. The van der Waals surface area contributed by atoms with E-state index in [2.05, 4.69) is 5.32 Å². The normalized spacial score (nSPS) is 25.6. The molecule has 1 aromatic carbocycles. The number of nitrogens with zero attached hydrogens (tertiary/aromatic N) is 1. The average Bonchev–Trinajstić information content (AvgIpc) is 2.72. The van der Waals surface area contributed by atoms with Crippen LogP contribution in [0.15, 0.2) is 30.3 Å². The van der Waals surface area contributed by atoms with Gasteiger partial charge in [-0.15, -0.1) is 0 Å². The number of piperidine rings is 1. The van der Waals surface area contributed by atoms with Crippen LogP contribution >= 0.6 is 0 Å². The molecule has 3 rings (SSSR count). The Morgan fingerprint density at radius 2 is 1.67 bits per heavy atom. The van der Waals surface area contributed by atoms with Gasteiger partial charge in [-0.05, 0) is 56.6 Å². The maximum Gasteiger partial charge on any atom is 0.306 e. The average molecular weight is 372 g/mol. The summed E-state index contributed by atoms with van der Waals surface area (Å²) in [6, 6.07) is 9.15. The number of carboxylic acid groups (broad SMARTS) is 1. The van der Waals surface area contributed by atoms with Crippen molar-refractivity contribution in [3.63, 3.8) is 0 Å². The van der Waals surface area contributed by atoms with Crippen molar-refractivity contribution in [2.24, 2.45) is 17.8 Å². The number of rotatable bonds is 5. The molecule has 1 saturated heterocycles. The predicted octanol–water partition coefficient (Wildman–Crippen LogP) is 2.55. The molecule has 2 N–H and O–H groups in total. The number of amides is 2. The monoisotopic (exact) mass is 372 g/mol. The number of hydrogen-bond donors (Lipinski definition) is 2. The molecule has 0 aromatic heterocycles. The fourth-order valence-electron chi connectivity index (χ4n) is 4.21. The molecule has 2 amide bonds. The Bertz CT molecular complexity index is 668. The van der Waals surface area contributed by atoms with Crippen molar-refractivity contribution in [3.8, 4) is 0 Å². The lowest BCUT2D eigenvalue weighted by molar-refractivity contribution is -0.146. The van der Waals surface area contributed by atoms with Crippen LogP contribution in [0.2, 0.25) is 0 Å². The highest BCUT2D eigenvalue weighted by Gasteiger charge is 2.33. The van der Waals surface area contributed by atoms with Crippen LogP contribution in [-0.2, 0) is 9.59 Å². The predicted molar refractivity (Wildman–Crippen MR) is 101 cm³/mol. The molecule has 0 bridgehead atoms. The Hall–Kier alpha value is -2.37. The maximum atomic E-state index is 12.8. The number of carboxylic acids is 1. The van der Waals surface area contributed by atoms with Gasteiger partial charge in [0.1, 0.15) is 0 Å². The molecule has 1 unspecified atom stereocenters. The van der Waals surface area contributed by atoms with Crippen molar-refractivity contribution >= 4 is 17.8 Å². The number of carbonyl (C=O) groups is 3. The lowest BCUT2D eigenvalue weighted by Crippen LogP contribution is -2.46. The summed E-state index contributed by atoms with van der Waals surface area (Å²) in [5.74, 6) is -0.725. The molecule has 1 aliphatic carbocycles. The zero-order valence-electron chi connectivity index (χ0n) is 15.6. The minimum atomic E-state index is -0.743. The lowest BCUT2D eigenvalue weighted by Gasteiger charge is -2.36. The molecule has 6 heteroatoms. The number of likely N-dealkylation sites (tertiary alicyclic amines) is 1. The van der Waals surface area contributed by atoms with Gasteiger partial charge in [-0.3, -0.25) is 14.4 Å². The Morgan fingerprint density at radius 3 is 2.33 bits per heavy atom. The highest BCUT2D eigenvalue weighted by atomic mass is 16.4. The summed E-state index contributed by atoms with van der Waals surface area (Å²) in [4.78, 5) is 38.0. The summed E-state index contributed by atoms with van der Waals surface area (Å²) in [7, 11) is 0.